The van der Waals surface area contributed by atoms with E-state index in [0.29, 0.717) is 5.56 Å². The predicted octanol–water partition coefficient (Wildman–Crippen LogP) is 0.197. The highest BCUT2D eigenvalue weighted by Crippen LogP contribution is 2.30. The van der Waals surface area contributed by atoms with Gasteiger partial charge in [-0.15, -0.1) is 0 Å². The number of phenols is 2. The number of carboxylic acids is 1. The molecule has 1 aliphatic carbocycles. The Morgan fingerprint density at radius 3 is 2.40 bits per heavy atom. The van der Waals surface area contributed by atoms with E-state index in [-0.39, 0.29) is 23.7 Å². The molecule has 136 valence electrons. The van der Waals surface area contributed by atoms with E-state index in [2.05, 4.69) is 6.58 Å². The Morgan fingerprint density at radius 1 is 1.12 bits per heavy atom. The standard InChI is InChI=1S/C17H20O8/c1-8(2-3-9-4-5-11(18)12(19)6-9)25-13-7-10(17(23)24)14(20)16(22)15(13)21/h2-6,10,13-16,18-22H,1,7H2,(H,23,24). The summed E-state index contributed by atoms with van der Waals surface area (Å²) >= 11 is 0. The Hall–Kier alpha value is -2.55. The van der Waals surface area contributed by atoms with E-state index in [0.717, 1.165) is 0 Å². The normalized spacial score (nSPS) is 29.5. The van der Waals surface area contributed by atoms with Crippen LogP contribution in [0.25, 0.3) is 6.08 Å². The number of carbonyl (C=O) groups is 1. The molecular weight excluding hydrogens is 332 g/mol. The van der Waals surface area contributed by atoms with Crippen molar-refractivity contribution in [2.45, 2.75) is 30.8 Å². The van der Waals surface area contributed by atoms with Crippen LogP contribution in [0.15, 0.2) is 36.6 Å². The number of aliphatic hydroxyl groups excluding tert-OH is 3. The molecule has 0 aliphatic heterocycles. The number of aromatic hydroxyl groups is 2. The second-order valence-electron chi connectivity index (χ2n) is 5.86. The summed E-state index contributed by atoms with van der Waals surface area (Å²) in [5, 5.41) is 57.2. The Morgan fingerprint density at radius 2 is 1.80 bits per heavy atom. The van der Waals surface area contributed by atoms with Crippen molar-refractivity contribution in [3.63, 3.8) is 0 Å². The summed E-state index contributed by atoms with van der Waals surface area (Å²) in [7, 11) is 0. The van der Waals surface area contributed by atoms with Gasteiger partial charge in [-0.05, 0) is 23.8 Å². The van der Waals surface area contributed by atoms with E-state index in [9.17, 15) is 30.3 Å². The summed E-state index contributed by atoms with van der Waals surface area (Å²) in [6.07, 6.45) is -3.00. The van der Waals surface area contributed by atoms with Crippen LogP contribution in [0.5, 0.6) is 11.5 Å². The first-order valence-corrected chi connectivity index (χ1v) is 7.53. The van der Waals surface area contributed by atoms with E-state index in [4.69, 9.17) is 9.84 Å². The van der Waals surface area contributed by atoms with Crippen molar-refractivity contribution in [2.75, 3.05) is 0 Å². The van der Waals surface area contributed by atoms with Gasteiger partial charge in [0, 0.05) is 6.42 Å². The first-order valence-electron chi connectivity index (χ1n) is 7.53. The zero-order chi connectivity index (χ0) is 18.7. The van der Waals surface area contributed by atoms with Crippen LogP contribution < -0.4 is 0 Å². The summed E-state index contributed by atoms with van der Waals surface area (Å²) in [4.78, 5) is 11.1. The maximum absolute atomic E-state index is 11.1. The first-order chi connectivity index (χ1) is 11.7. The lowest BCUT2D eigenvalue weighted by molar-refractivity contribution is -0.180. The molecule has 2 rings (SSSR count). The highest BCUT2D eigenvalue weighted by molar-refractivity contribution is 5.71. The maximum Gasteiger partial charge on any atom is 0.309 e. The molecule has 0 amide bonds. The lowest BCUT2D eigenvalue weighted by Gasteiger charge is -2.38. The van der Waals surface area contributed by atoms with Crippen LogP contribution in [-0.2, 0) is 9.53 Å². The molecular formula is C17H20O8. The molecule has 0 heterocycles. The molecule has 1 fully saturated rings. The molecule has 6 N–H and O–H groups in total. The molecule has 1 saturated carbocycles. The van der Waals surface area contributed by atoms with Gasteiger partial charge < -0.3 is 35.4 Å². The third kappa shape index (κ3) is 4.30. The van der Waals surface area contributed by atoms with Gasteiger partial charge in [0.05, 0.1) is 12.0 Å². The molecule has 25 heavy (non-hydrogen) atoms. The lowest BCUT2D eigenvalue weighted by Crippen LogP contribution is -2.56. The average Bonchev–Trinajstić information content (AvgIpc) is 2.56. The molecule has 0 aromatic heterocycles. The van der Waals surface area contributed by atoms with Gasteiger partial charge in [-0.1, -0.05) is 18.7 Å². The van der Waals surface area contributed by atoms with E-state index in [1.54, 1.807) is 0 Å². The molecule has 1 aliphatic rings. The van der Waals surface area contributed by atoms with Crippen molar-refractivity contribution in [1.82, 2.24) is 0 Å². The van der Waals surface area contributed by atoms with Crippen LogP contribution in [0, 0.1) is 5.92 Å². The smallest absolute Gasteiger partial charge is 0.309 e. The number of hydrogen-bond acceptors (Lipinski definition) is 7. The zero-order valence-corrected chi connectivity index (χ0v) is 13.2. The molecule has 0 saturated heterocycles. The topological polar surface area (TPSA) is 148 Å². The van der Waals surface area contributed by atoms with Crippen molar-refractivity contribution in [3.05, 3.63) is 42.2 Å². The second-order valence-corrected chi connectivity index (χ2v) is 5.86. The predicted molar refractivity (Wildman–Crippen MR) is 86.6 cm³/mol. The minimum Gasteiger partial charge on any atom is -0.504 e. The fourth-order valence-electron chi connectivity index (χ4n) is 2.62. The van der Waals surface area contributed by atoms with Crippen molar-refractivity contribution in [2.24, 2.45) is 5.92 Å². The average molecular weight is 352 g/mol. The van der Waals surface area contributed by atoms with Crippen LogP contribution in [-0.4, -0.2) is 61.0 Å². The molecule has 0 spiro atoms. The molecule has 0 bridgehead atoms. The van der Waals surface area contributed by atoms with Gasteiger partial charge in [-0.25, -0.2) is 0 Å². The Bertz CT molecular complexity index is 683. The van der Waals surface area contributed by atoms with Crippen molar-refractivity contribution in [3.8, 4) is 11.5 Å². The fraction of sp³-hybridized carbons (Fsp3) is 0.353. The summed E-state index contributed by atoms with van der Waals surface area (Å²) < 4.78 is 5.40. The van der Waals surface area contributed by atoms with E-state index in [1.807, 2.05) is 0 Å². The van der Waals surface area contributed by atoms with E-state index < -0.39 is 36.3 Å². The minimum absolute atomic E-state index is 0.0874. The number of aliphatic hydroxyl groups is 3. The van der Waals surface area contributed by atoms with Crippen molar-refractivity contribution >= 4 is 12.0 Å². The molecule has 5 unspecified atom stereocenters. The number of rotatable bonds is 5. The Kier molecular flexibility index (Phi) is 5.68. The third-order valence-electron chi connectivity index (χ3n) is 4.06. The second kappa shape index (κ2) is 7.56. The quantitative estimate of drug-likeness (QED) is 0.250. The van der Waals surface area contributed by atoms with Gasteiger partial charge in [0.2, 0.25) is 0 Å². The van der Waals surface area contributed by atoms with E-state index >= 15 is 0 Å². The largest absolute Gasteiger partial charge is 0.504 e. The molecule has 1 aromatic rings. The molecule has 8 nitrogen and oxygen atoms in total. The Balaban J connectivity index is 2.04. The van der Waals surface area contributed by atoms with Gasteiger partial charge in [0.1, 0.15) is 24.1 Å². The Labute approximate surface area is 143 Å². The summed E-state index contributed by atoms with van der Waals surface area (Å²) in [5.74, 6) is -3.03. The van der Waals surface area contributed by atoms with Crippen LogP contribution in [0.4, 0.5) is 0 Å². The number of carboxylic acid groups (broad SMARTS) is 1. The van der Waals surface area contributed by atoms with Gasteiger partial charge >= 0.3 is 5.97 Å². The maximum atomic E-state index is 11.1. The molecule has 1 aromatic carbocycles. The van der Waals surface area contributed by atoms with Gasteiger partial charge in [0.25, 0.3) is 0 Å². The van der Waals surface area contributed by atoms with Gasteiger partial charge in [-0.3, -0.25) is 4.79 Å². The highest BCUT2D eigenvalue weighted by Gasteiger charge is 2.46. The lowest BCUT2D eigenvalue weighted by atomic mass is 9.81. The van der Waals surface area contributed by atoms with Crippen molar-refractivity contribution in [1.29, 1.82) is 0 Å². The zero-order valence-electron chi connectivity index (χ0n) is 13.2. The summed E-state index contributed by atoms with van der Waals surface area (Å²) in [6.45, 7) is 3.63. The van der Waals surface area contributed by atoms with Crippen LogP contribution in [0.2, 0.25) is 0 Å². The summed E-state index contributed by atoms with van der Waals surface area (Å²) in [6, 6.07) is 4.16. The number of allylic oxidation sites excluding steroid dienone is 1. The fourth-order valence-corrected chi connectivity index (χ4v) is 2.62. The monoisotopic (exact) mass is 352 g/mol. The number of aliphatic carboxylic acids is 1. The SMILES string of the molecule is C=C(C=Cc1ccc(O)c(O)c1)OC1CC(C(=O)O)C(O)C(O)C1O. The number of ether oxygens (including phenoxy) is 1. The number of hydrogen-bond donors (Lipinski definition) is 6. The third-order valence-corrected chi connectivity index (χ3v) is 4.06. The molecule has 0 radical (unpaired) electrons. The van der Waals surface area contributed by atoms with Crippen molar-refractivity contribution < 1.29 is 40.2 Å². The summed E-state index contributed by atoms with van der Waals surface area (Å²) in [5.41, 5.74) is 0.545. The van der Waals surface area contributed by atoms with E-state index in [1.165, 1.54) is 30.4 Å². The highest BCUT2D eigenvalue weighted by atomic mass is 16.5. The first kappa shape index (κ1) is 18.8. The van der Waals surface area contributed by atoms with Crippen LogP contribution in [0.3, 0.4) is 0 Å². The van der Waals surface area contributed by atoms with Crippen LogP contribution in [0.1, 0.15) is 12.0 Å². The van der Waals surface area contributed by atoms with Crippen LogP contribution >= 0.6 is 0 Å². The number of benzene rings is 1. The molecule has 5 atom stereocenters. The number of phenolic OH excluding ortho intramolecular Hbond substituents is 2. The molecule has 8 heteroatoms. The van der Waals surface area contributed by atoms with Gasteiger partial charge in [0.15, 0.2) is 11.5 Å². The van der Waals surface area contributed by atoms with Gasteiger partial charge in [-0.2, -0.15) is 0 Å². The minimum atomic E-state index is -1.65.